The van der Waals surface area contributed by atoms with Gasteiger partial charge in [0.2, 0.25) is 5.91 Å². The molecule has 2 amide bonds. The van der Waals surface area contributed by atoms with E-state index in [9.17, 15) is 9.59 Å². The lowest BCUT2D eigenvalue weighted by Crippen LogP contribution is -2.34. The Balaban J connectivity index is 2.62. The van der Waals surface area contributed by atoms with Crippen molar-refractivity contribution in [3.8, 4) is 0 Å². The van der Waals surface area contributed by atoms with E-state index in [0.29, 0.717) is 4.88 Å². The SMILES string of the molecule is CCc1sc(C(=O)NCC(=O)NC)cc1C. The Bertz CT molecular complexity index is 399. The molecule has 16 heavy (non-hydrogen) atoms. The maximum Gasteiger partial charge on any atom is 0.261 e. The van der Waals surface area contributed by atoms with Crippen LogP contribution < -0.4 is 10.6 Å². The molecule has 0 aliphatic carbocycles. The van der Waals surface area contributed by atoms with Gasteiger partial charge in [0.1, 0.15) is 0 Å². The van der Waals surface area contributed by atoms with Crippen LogP contribution >= 0.6 is 11.3 Å². The minimum absolute atomic E-state index is 0.0216. The summed E-state index contributed by atoms with van der Waals surface area (Å²) in [6.07, 6.45) is 0.930. The highest BCUT2D eigenvalue weighted by molar-refractivity contribution is 7.14. The van der Waals surface area contributed by atoms with E-state index >= 15 is 0 Å². The van der Waals surface area contributed by atoms with Gasteiger partial charge < -0.3 is 10.6 Å². The summed E-state index contributed by atoms with van der Waals surface area (Å²) in [5.74, 6) is -0.381. The molecule has 1 aromatic rings. The van der Waals surface area contributed by atoms with Crippen molar-refractivity contribution in [2.45, 2.75) is 20.3 Å². The largest absolute Gasteiger partial charge is 0.358 e. The van der Waals surface area contributed by atoms with Gasteiger partial charge in [0.05, 0.1) is 11.4 Å². The van der Waals surface area contributed by atoms with Crippen LogP contribution in [0.3, 0.4) is 0 Å². The average Bonchev–Trinajstić information content (AvgIpc) is 2.66. The minimum Gasteiger partial charge on any atom is -0.358 e. The number of thiophene rings is 1. The highest BCUT2D eigenvalue weighted by Gasteiger charge is 2.11. The molecule has 0 saturated heterocycles. The molecule has 0 spiro atoms. The Labute approximate surface area is 99.0 Å². The zero-order valence-electron chi connectivity index (χ0n) is 9.72. The van der Waals surface area contributed by atoms with Crippen molar-refractivity contribution in [3.63, 3.8) is 0 Å². The van der Waals surface area contributed by atoms with Crippen molar-refractivity contribution in [1.29, 1.82) is 0 Å². The molecule has 0 radical (unpaired) electrons. The van der Waals surface area contributed by atoms with E-state index in [2.05, 4.69) is 17.6 Å². The molecule has 1 heterocycles. The van der Waals surface area contributed by atoms with Gasteiger partial charge in [0, 0.05) is 11.9 Å². The molecular formula is C11H16N2O2S. The van der Waals surface area contributed by atoms with Gasteiger partial charge in [-0.15, -0.1) is 11.3 Å². The first-order chi connectivity index (χ1) is 7.58. The summed E-state index contributed by atoms with van der Waals surface area (Å²) in [5.41, 5.74) is 1.14. The molecule has 0 bridgehead atoms. The number of likely N-dealkylation sites (N-methyl/N-ethyl adjacent to an activating group) is 1. The average molecular weight is 240 g/mol. The quantitative estimate of drug-likeness (QED) is 0.828. The molecule has 0 aromatic carbocycles. The predicted molar refractivity (Wildman–Crippen MR) is 64.8 cm³/mol. The first-order valence-electron chi connectivity index (χ1n) is 5.16. The first kappa shape index (κ1) is 12.7. The molecule has 0 fully saturated rings. The van der Waals surface area contributed by atoms with Crippen LogP contribution in [-0.4, -0.2) is 25.4 Å². The molecule has 0 aliphatic heterocycles. The number of carbonyl (C=O) groups is 2. The van der Waals surface area contributed by atoms with E-state index in [1.807, 2.05) is 13.0 Å². The van der Waals surface area contributed by atoms with Crippen LogP contribution in [0.2, 0.25) is 0 Å². The maximum atomic E-state index is 11.7. The Morgan fingerprint density at radius 1 is 1.44 bits per heavy atom. The fraction of sp³-hybridized carbons (Fsp3) is 0.455. The third kappa shape index (κ3) is 3.06. The Hall–Kier alpha value is -1.36. The van der Waals surface area contributed by atoms with E-state index in [4.69, 9.17) is 0 Å². The molecule has 1 aromatic heterocycles. The highest BCUT2D eigenvalue weighted by atomic mass is 32.1. The zero-order valence-corrected chi connectivity index (χ0v) is 10.5. The lowest BCUT2D eigenvalue weighted by atomic mass is 10.2. The van der Waals surface area contributed by atoms with E-state index in [-0.39, 0.29) is 18.4 Å². The van der Waals surface area contributed by atoms with E-state index in [1.54, 1.807) is 7.05 Å². The van der Waals surface area contributed by atoms with Gasteiger partial charge in [-0.3, -0.25) is 9.59 Å². The normalized spacial score (nSPS) is 9.94. The van der Waals surface area contributed by atoms with Crippen LogP contribution in [-0.2, 0) is 11.2 Å². The number of amides is 2. The molecule has 0 aliphatic rings. The molecule has 2 N–H and O–H groups in total. The number of hydrogen-bond acceptors (Lipinski definition) is 3. The topological polar surface area (TPSA) is 58.2 Å². The highest BCUT2D eigenvalue weighted by Crippen LogP contribution is 2.21. The summed E-state index contributed by atoms with van der Waals surface area (Å²) in [4.78, 5) is 24.5. The molecule has 1 rings (SSSR count). The molecule has 0 atom stereocenters. The predicted octanol–water partition coefficient (Wildman–Crippen LogP) is 1.09. The third-order valence-corrected chi connectivity index (χ3v) is 3.63. The van der Waals surface area contributed by atoms with Gasteiger partial charge >= 0.3 is 0 Å². The van der Waals surface area contributed by atoms with Gasteiger partial charge in [-0.25, -0.2) is 0 Å². The maximum absolute atomic E-state index is 11.7. The number of rotatable bonds is 4. The standard InChI is InChI=1S/C11H16N2O2S/c1-4-8-7(2)5-9(16-8)11(15)13-6-10(14)12-3/h5H,4,6H2,1-3H3,(H,12,14)(H,13,15). The monoisotopic (exact) mass is 240 g/mol. The second-order valence-corrected chi connectivity index (χ2v) is 4.56. The van der Waals surface area contributed by atoms with Gasteiger partial charge in [-0.05, 0) is 25.0 Å². The minimum atomic E-state index is -0.197. The van der Waals surface area contributed by atoms with Gasteiger partial charge in [-0.2, -0.15) is 0 Å². The van der Waals surface area contributed by atoms with Crippen LogP contribution in [0.25, 0.3) is 0 Å². The van der Waals surface area contributed by atoms with Crippen molar-refractivity contribution in [1.82, 2.24) is 10.6 Å². The number of carbonyl (C=O) groups excluding carboxylic acids is 2. The van der Waals surface area contributed by atoms with E-state index in [1.165, 1.54) is 16.2 Å². The van der Waals surface area contributed by atoms with Crippen LogP contribution in [0.1, 0.15) is 27.0 Å². The fourth-order valence-corrected chi connectivity index (χ4v) is 2.35. The molecule has 5 heteroatoms. The summed E-state index contributed by atoms with van der Waals surface area (Å²) < 4.78 is 0. The van der Waals surface area contributed by atoms with Crippen LogP contribution in [0, 0.1) is 6.92 Å². The van der Waals surface area contributed by atoms with E-state index in [0.717, 1.165) is 12.0 Å². The van der Waals surface area contributed by atoms with Crippen LogP contribution in [0.4, 0.5) is 0 Å². The molecule has 4 nitrogen and oxygen atoms in total. The summed E-state index contributed by atoms with van der Waals surface area (Å²) in [6, 6.07) is 1.86. The number of hydrogen-bond donors (Lipinski definition) is 2. The lowest BCUT2D eigenvalue weighted by molar-refractivity contribution is -0.119. The van der Waals surface area contributed by atoms with Crippen molar-refractivity contribution < 1.29 is 9.59 Å². The fourth-order valence-electron chi connectivity index (χ4n) is 1.32. The van der Waals surface area contributed by atoms with Crippen molar-refractivity contribution in [2.24, 2.45) is 0 Å². The zero-order chi connectivity index (χ0) is 12.1. The third-order valence-electron chi connectivity index (χ3n) is 2.25. The van der Waals surface area contributed by atoms with Crippen molar-refractivity contribution >= 4 is 23.2 Å². The van der Waals surface area contributed by atoms with Crippen molar-refractivity contribution in [3.05, 3.63) is 21.4 Å². The number of nitrogens with one attached hydrogen (secondary N) is 2. The van der Waals surface area contributed by atoms with Crippen molar-refractivity contribution in [2.75, 3.05) is 13.6 Å². The summed E-state index contributed by atoms with van der Waals surface area (Å²) >= 11 is 1.48. The first-order valence-corrected chi connectivity index (χ1v) is 5.98. The summed E-state index contributed by atoms with van der Waals surface area (Å²) in [5, 5.41) is 5.02. The summed E-state index contributed by atoms with van der Waals surface area (Å²) in [7, 11) is 1.54. The molecule has 88 valence electrons. The molecule has 0 unspecified atom stereocenters. The Kier molecular flexibility index (Phi) is 4.49. The van der Waals surface area contributed by atoms with Gasteiger partial charge in [0.15, 0.2) is 0 Å². The lowest BCUT2D eigenvalue weighted by Gasteiger charge is -2.01. The smallest absolute Gasteiger partial charge is 0.261 e. The Morgan fingerprint density at radius 2 is 2.12 bits per heavy atom. The van der Waals surface area contributed by atoms with Crippen LogP contribution in [0.15, 0.2) is 6.07 Å². The second-order valence-electron chi connectivity index (χ2n) is 3.43. The van der Waals surface area contributed by atoms with Crippen LogP contribution in [0.5, 0.6) is 0 Å². The van der Waals surface area contributed by atoms with Gasteiger partial charge in [0.25, 0.3) is 5.91 Å². The summed E-state index contributed by atoms with van der Waals surface area (Å²) in [6.45, 7) is 4.07. The molecule has 0 saturated carbocycles. The van der Waals surface area contributed by atoms with E-state index < -0.39 is 0 Å². The van der Waals surface area contributed by atoms with Gasteiger partial charge in [-0.1, -0.05) is 6.92 Å². The Morgan fingerprint density at radius 3 is 2.62 bits per heavy atom. The second kappa shape index (κ2) is 5.65. The molecular weight excluding hydrogens is 224 g/mol. The number of aryl methyl sites for hydroxylation is 2.